The van der Waals surface area contributed by atoms with Gasteiger partial charge in [0.2, 0.25) is 0 Å². The summed E-state index contributed by atoms with van der Waals surface area (Å²) in [6, 6.07) is 0. The molecule has 0 spiro atoms. The topological polar surface area (TPSA) is 96.0 Å². The number of hydrogen-bond donors (Lipinski definition) is 0. The molecule has 5 unspecified atom stereocenters. The molecule has 0 N–H and O–H groups in total. The molecule has 20 heavy (non-hydrogen) atoms. The lowest BCUT2D eigenvalue weighted by Gasteiger charge is -2.24. The summed E-state index contributed by atoms with van der Waals surface area (Å²) in [5.41, 5.74) is 0. The van der Waals surface area contributed by atoms with Crippen molar-refractivity contribution in [2.24, 2.45) is 11.8 Å². The molecular weight excluding hydrogens is 288 g/mol. The number of rotatable bonds is 4. The van der Waals surface area contributed by atoms with Gasteiger partial charge in [0.1, 0.15) is 18.6 Å². The maximum Gasteiger partial charge on any atom is 0.317 e. The Labute approximate surface area is 116 Å². The van der Waals surface area contributed by atoms with Crippen LogP contribution in [0.1, 0.15) is 26.2 Å². The van der Waals surface area contributed by atoms with Crippen molar-refractivity contribution in [2.75, 3.05) is 6.61 Å². The molecule has 1 aliphatic heterocycles. The Bertz CT molecular complexity index is 540. The molecule has 3 aliphatic rings. The van der Waals surface area contributed by atoms with Gasteiger partial charge in [-0.2, -0.15) is 8.42 Å². The predicted octanol–water partition coefficient (Wildman–Crippen LogP) is -0.0116. The standard InChI is InChI=1S/C12H16O7S/c1-2-17-9(13)5-10(14)18-11-6-3-7-8(4-6)20(15,16)19-12(7)11/h6-8,11-12H,2-5H2,1H3. The van der Waals surface area contributed by atoms with Crippen LogP contribution in [0.2, 0.25) is 0 Å². The molecule has 3 fully saturated rings. The molecule has 112 valence electrons. The molecule has 0 amide bonds. The van der Waals surface area contributed by atoms with E-state index in [2.05, 4.69) is 4.74 Å². The van der Waals surface area contributed by atoms with E-state index in [0.717, 1.165) is 0 Å². The van der Waals surface area contributed by atoms with E-state index < -0.39 is 45.9 Å². The normalized spacial score (nSPS) is 39.8. The van der Waals surface area contributed by atoms with E-state index in [1.807, 2.05) is 0 Å². The molecule has 1 saturated heterocycles. The van der Waals surface area contributed by atoms with Crippen molar-refractivity contribution in [2.45, 2.75) is 43.6 Å². The fourth-order valence-electron chi connectivity index (χ4n) is 3.57. The zero-order valence-electron chi connectivity index (χ0n) is 11.0. The predicted molar refractivity (Wildman–Crippen MR) is 64.9 cm³/mol. The molecule has 1 heterocycles. The number of carbonyl (C=O) groups is 2. The van der Waals surface area contributed by atoms with Crippen LogP contribution < -0.4 is 0 Å². The highest BCUT2D eigenvalue weighted by atomic mass is 32.2. The third-order valence-electron chi connectivity index (χ3n) is 4.28. The van der Waals surface area contributed by atoms with Crippen molar-refractivity contribution in [1.82, 2.24) is 0 Å². The van der Waals surface area contributed by atoms with E-state index in [1.165, 1.54) is 0 Å². The molecule has 0 aromatic heterocycles. The largest absolute Gasteiger partial charge is 0.466 e. The van der Waals surface area contributed by atoms with Crippen LogP contribution in [0.3, 0.4) is 0 Å². The first kappa shape index (κ1) is 13.8. The summed E-state index contributed by atoms with van der Waals surface area (Å²) in [5, 5.41) is -0.447. The van der Waals surface area contributed by atoms with Gasteiger partial charge in [0, 0.05) is 11.8 Å². The smallest absolute Gasteiger partial charge is 0.317 e. The van der Waals surface area contributed by atoms with Crippen LogP contribution in [0, 0.1) is 11.8 Å². The zero-order valence-corrected chi connectivity index (χ0v) is 11.8. The van der Waals surface area contributed by atoms with E-state index in [-0.39, 0.29) is 18.4 Å². The van der Waals surface area contributed by atoms with Crippen LogP contribution in [-0.2, 0) is 33.4 Å². The first-order valence-electron chi connectivity index (χ1n) is 6.69. The van der Waals surface area contributed by atoms with Crippen LogP contribution in [-0.4, -0.2) is 44.4 Å². The third kappa shape index (κ3) is 2.10. The number of fused-ring (bicyclic) bond motifs is 1. The summed E-state index contributed by atoms with van der Waals surface area (Å²) >= 11 is 0. The van der Waals surface area contributed by atoms with Crippen molar-refractivity contribution in [1.29, 1.82) is 0 Å². The number of hydrogen-bond acceptors (Lipinski definition) is 7. The van der Waals surface area contributed by atoms with Gasteiger partial charge in [0.05, 0.1) is 11.9 Å². The molecule has 2 aliphatic carbocycles. The molecule has 0 aromatic carbocycles. The van der Waals surface area contributed by atoms with Crippen LogP contribution in [0.5, 0.6) is 0 Å². The van der Waals surface area contributed by atoms with Gasteiger partial charge in [0.15, 0.2) is 0 Å². The monoisotopic (exact) mass is 304 g/mol. The van der Waals surface area contributed by atoms with E-state index in [1.54, 1.807) is 6.92 Å². The van der Waals surface area contributed by atoms with Crippen LogP contribution in [0.15, 0.2) is 0 Å². The summed E-state index contributed by atoms with van der Waals surface area (Å²) in [5.74, 6) is -1.40. The maximum atomic E-state index is 11.7. The van der Waals surface area contributed by atoms with Gasteiger partial charge in [-0.05, 0) is 19.8 Å². The highest BCUT2D eigenvalue weighted by Crippen LogP contribution is 2.55. The minimum atomic E-state index is -3.51. The Kier molecular flexibility index (Phi) is 3.24. The van der Waals surface area contributed by atoms with E-state index in [0.29, 0.717) is 12.8 Å². The first-order chi connectivity index (χ1) is 9.42. The fraction of sp³-hybridized carbons (Fsp3) is 0.833. The van der Waals surface area contributed by atoms with Crippen LogP contribution in [0.4, 0.5) is 0 Å². The molecule has 8 heteroatoms. The van der Waals surface area contributed by atoms with Gasteiger partial charge >= 0.3 is 11.9 Å². The lowest BCUT2D eigenvalue weighted by molar-refractivity contribution is -0.162. The Morgan fingerprint density at radius 1 is 1.25 bits per heavy atom. The Hall–Kier alpha value is -1.15. The van der Waals surface area contributed by atoms with Crippen LogP contribution in [0.25, 0.3) is 0 Å². The molecule has 0 radical (unpaired) electrons. The van der Waals surface area contributed by atoms with Crippen molar-refractivity contribution in [3.05, 3.63) is 0 Å². The second kappa shape index (κ2) is 4.70. The lowest BCUT2D eigenvalue weighted by Crippen LogP contribution is -2.37. The van der Waals surface area contributed by atoms with Crippen molar-refractivity contribution in [3.8, 4) is 0 Å². The van der Waals surface area contributed by atoms with Gasteiger partial charge in [-0.3, -0.25) is 13.8 Å². The lowest BCUT2D eigenvalue weighted by atomic mass is 9.94. The number of ether oxygens (including phenoxy) is 2. The fourth-order valence-corrected chi connectivity index (χ4v) is 5.45. The minimum absolute atomic E-state index is 0.0124. The Balaban J connectivity index is 1.63. The van der Waals surface area contributed by atoms with Gasteiger partial charge in [-0.25, -0.2) is 0 Å². The molecule has 7 nitrogen and oxygen atoms in total. The average Bonchev–Trinajstić information content (AvgIpc) is 2.93. The van der Waals surface area contributed by atoms with Crippen molar-refractivity contribution >= 4 is 22.1 Å². The zero-order chi connectivity index (χ0) is 14.5. The molecule has 2 saturated carbocycles. The van der Waals surface area contributed by atoms with E-state index >= 15 is 0 Å². The highest BCUT2D eigenvalue weighted by molar-refractivity contribution is 7.87. The average molecular weight is 304 g/mol. The quantitative estimate of drug-likeness (QED) is 0.409. The first-order valence-corrected chi connectivity index (χ1v) is 8.16. The molecule has 0 aromatic rings. The van der Waals surface area contributed by atoms with Gasteiger partial charge in [-0.15, -0.1) is 0 Å². The van der Waals surface area contributed by atoms with Crippen LogP contribution >= 0.6 is 0 Å². The van der Waals surface area contributed by atoms with Gasteiger partial charge < -0.3 is 9.47 Å². The van der Waals surface area contributed by atoms with E-state index in [9.17, 15) is 18.0 Å². The highest BCUT2D eigenvalue weighted by Gasteiger charge is 2.65. The number of esters is 2. The maximum absolute atomic E-state index is 11.7. The Morgan fingerprint density at radius 2 is 2.00 bits per heavy atom. The van der Waals surface area contributed by atoms with Crippen molar-refractivity contribution < 1.29 is 31.7 Å². The summed E-state index contributed by atoms with van der Waals surface area (Å²) in [4.78, 5) is 22.9. The number of carbonyl (C=O) groups excluding carboxylic acids is 2. The molecule has 3 rings (SSSR count). The summed E-state index contributed by atoms with van der Waals surface area (Å²) in [6.45, 7) is 1.85. The summed E-state index contributed by atoms with van der Waals surface area (Å²) < 4.78 is 38.5. The molecule has 5 atom stereocenters. The Morgan fingerprint density at radius 3 is 2.70 bits per heavy atom. The third-order valence-corrected chi connectivity index (χ3v) is 6.05. The molecular formula is C12H16O7S. The van der Waals surface area contributed by atoms with Crippen molar-refractivity contribution in [3.63, 3.8) is 0 Å². The SMILES string of the molecule is CCOC(=O)CC(=O)OC1C2CC3C1OS(=O)(=O)C3C2. The molecule has 2 bridgehead atoms. The van der Waals surface area contributed by atoms with Gasteiger partial charge in [-0.1, -0.05) is 0 Å². The van der Waals surface area contributed by atoms with Gasteiger partial charge in [0.25, 0.3) is 10.1 Å². The second-order valence-electron chi connectivity index (χ2n) is 5.42. The second-order valence-corrected chi connectivity index (χ2v) is 7.21. The van der Waals surface area contributed by atoms with E-state index in [4.69, 9.17) is 8.92 Å². The summed E-state index contributed by atoms with van der Waals surface area (Å²) in [7, 11) is -3.51. The summed E-state index contributed by atoms with van der Waals surface area (Å²) in [6.07, 6.45) is -0.414. The minimum Gasteiger partial charge on any atom is -0.466 e.